The molecule has 0 spiro atoms. The van der Waals surface area contributed by atoms with Crippen molar-refractivity contribution in [3.63, 3.8) is 0 Å². The molecule has 0 aliphatic carbocycles. The van der Waals surface area contributed by atoms with Gasteiger partial charge in [-0.05, 0) is 54.4 Å². The van der Waals surface area contributed by atoms with Gasteiger partial charge in [0, 0.05) is 24.5 Å². The van der Waals surface area contributed by atoms with Crippen molar-refractivity contribution in [2.75, 3.05) is 17.9 Å². The fourth-order valence-corrected chi connectivity index (χ4v) is 6.43. The zero-order valence-electron chi connectivity index (χ0n) is 23.2. The largest absolute Gasteiger partial charge is 0.357 e. The number of carbonyl (C=O) groups excluding carboxylic acids is 2. The predicted molar refractivity (Wildman–Crippen MR) is 165 cm³/mol. The Kier molecular flexibility index (Phi) is 10.1. The number of para-hydroxylation sites is 1. The van der Waals surface area contributed by atoms with E-state index in [1.165, 1.54) is 42.3 Å². The number of nitrogens with zero attached hydrogens (tertiary/aromatic N) is 2. The van der Waals surface area contributed by atoms with Gasteiger partial charge in [-0.2, -0.15) is 0 Å². The van der Waals surface area contributed by atoms with E-state index in [9.17, 15) is 18.0 Å². The molecule has 0 aromatic heterocycles. The minimum atomic E-state index is -4.37. The summed E-state index contributed by atoms with van der Waals surface area (Å²) in [6, 6.07) is 27.0. The fourth-order valence-electron chi connectivity index (χ4n) is 4.56. The first-order valence-corrected chi connectivity index (χ1v) is 15.5. The maximum absolute atomic E-state index is 15.1. The zero-order chi connectivity index (χ0) is 30.3. The number of halogens is 2. The van der Waals surface area contributed by atoms with Crippen molar-refractivity contribution in [1.29, 1.82) is 0 Å². The highest BCUT2D eigenvalue weighted by atomic mass is 79.9. The van der Waals surface area contributed by atoms with Crippen molar-refractivity contribution in [3.8, 4) is 0 Å². The molecule has 0 heterocycles. The van der Waals surface area contributed by atoms with Crippen LogP contribution in [0.1, 0.15) is 16.7 Å². The fraction of sp³-hybridized carbons (Fsp3) is 0.188. The summed E-state index contributed by atoms with van der Waals surface area (Å²) in [4.78, 5) is 28.8. The number of nitrogens with one attached hydrogen (secondary N) is 1. The Morgan fingerprint density at radius 2 is 1.52 bits per heavy atom. The van der Waals surface area contributed by atoms with E-state index in [-0.39, 0.29) is 23.5 Å². The lowest BCUT2D eigenvalue weighted by atomic mass is 10.0. The van der Waals surface area contributed by atoms with Crippen molar-refractivity contribution in [3.05, 3.63) is 130 Å². The van der Waals surface area contributed by atoms with Crippen molar-refractivity contribution in [1.82, 2.24) is 10.2 Å². The molecule has 2 amide bonds. The number of hydrogen-bond donors (Lipinski definition) is 1. The molecule has 1 atom stereocenters. The van der Waals surface area contributed by atoms with Gasteiger partial charge in [0.2, 0.25) is 11.8 Å². The monoisotopic (exact) mass is 651 g/mol. The number of anilines is 1. The Balaban J connectivity index is 1.80. The minimum Gasteiger partial charge on any atom is -0.357 e. The third kappa shape index (κ3) is 7.43. The number of likely N-dealkylation sites (N-methyl/N-ethyl adjacent to an activating group) is 1. The summed E-state index contributed by atoms with van der Waals surface area (Å²) in [5.74, 6) is -1.88. The van der Waals surface area contributed by atoms with E-state index in [4.69, 9.17) is 0 Å². The minimum absolute atomic E-state index is 0.0128. The van der Waals surface area contributed by atoms with E-state index < -0.39 is 40.2 Å². The van der Waals surface area contributed by atoms with Crippen LogP contribution in [0.5, 0.6) is 0 Å². The van der Waals surface area contributed by atoms with Crippen LogP contribution >= 0.6 is 15.9 Å². The first-order valence-electron chi connectivity index (χ1n) is 13.2. The first kappa shape index (κ1) is 30.9. The van der Waals surface area contributed by atoms with Crippen LogP contribution in [0.3, 0.4) is 0 Å². The Morgan fingerprint density at radius 1 is 0.881 bits per heavy atom. The van der Waals surface area contributed by atoms with Gasteiger partial charge in [0.05, 0.1) is 10.6 Å². The number of sulfonamides is 1. The summed E-state index contributed by atoms with van der Waals surface area (Å²) < 4.78 is 44.5. The molecule has 218 valence electrons. The molecule has 10 heteroatoms. The van der Waals surface area contributed by atoms with Gasteiger partial charge in [0.15, 0.2) is 0 Å². The number of benzene rings is 4. The highest BCUT2D eigenvalue weighted by Gasteiger charge is 2.35. The topological polar surface area (TPSA) is 86.8 Å². The lowest BCUT2D eigenvalue weighted by Crippen LogP contribution is -2.53. The first-order chi connectivity index (χ1) is 20.1. The molecule has 0 aliphatic heterocycles. The van der Waals surface area contributed by atoms with Gasteiger partial charge in [-0.15, -0.1) is 0 Å². The van der Waals surface area contributed by atoms with E-state index in [1.54, 1.807) is 12.1 Å². The summed E-state index contributed by atoms with van der Waals surface area (Å²) in [6.45, 7) is 1.10. The van der Waals surface area contributed by atoms with E-state index in [0.29, 0.717) is 0 Å². The van der Waals surface area contributed by atoms with Gasteiger partial charge in [0.25, 0.3) is 10.0 Å². The van der Waals surface area contributed by atoms with Crippen molar-refractivity contribution in [2.45, 2.75) is 30.8 Å². The third-order valence-electron chi connectivity index (χ3n) is 6.77. The van der Waals surface area contributed by atoms with Gasteiger partial charge < -0.3 is 10.2 Å². The van der Waals surface area contributed by atoms with Crippen LogP contribution < -0.4 is 9.62 Å². The van der Waals surface area contributed by atoms with Crippen LogP contribution in [0.25, 0.3) is 0 Å². The molecule has 4 aromatic rings. The molecule has 0 unspecified atom stereocenters. The molecule has 7 nitrogen and oxygen atoms in total. The Morgan fingerprint density at radius 3 is 2.17 bits per heavy atom. The van der Waals surface area contributed by atoms with Crippen LogP contribution in [0.15, 0.2) is 112 Å². The summed E-state index contributed by atoms with van der Waals surface area (Å²) >= 11 is 3.45. The van der Waals surface area contributed by atoms with Crippen molar-refractivity contribution < 1.29 is 22.4 Å². The van der Waals surface area contributed by atoms with Crippen LogP contribution in [-0.4, -0.2) is 44.8 Å². The molecular formula is C32H31BrFN3O4S. The van der Waals surface area contributed by atoms with Gasteiger partial charge in [-0.3, -0.25) is 13.9 Å². The average Bonchev–Trinajstić information content (AvgIpc) is 2.98. The maximum Gasteiger partial charge on any atom is 0.264 e. The normalized spacial score (nSPS) is 11.9. The smallest absolute Gasteiger partial charge is 0.264 e. The highest BCUT2D eigenvalue weighted by Crippen LogP contribution is 2.27. The van der Waals surface area contributed by atoms with E-state index in [1.807, 2.05) is 61.5 Å². The Bertz CT molecular complexity index is 1650. The third-order valence-corrected chi connectivity index (χ3v) is 9.04. The molecule has 0 bridgehead atoms. The van der Waals surface area contributed by atoms with Crippen LogP contribution in [0.2, 0.25) is 0 Å². The van der Waals surface area contributed by atoms with E-state index in [2.05, 4.69) is 21.2 Å². The van der Waals surface area contributed by atoms with Gasteiger partial charge >= 0.3 is 0 Å². The summed E-state index contributed by atoms with van der Waals surface area (Å²) in [7, 11) is -2.89. The standard InChI is InChI=1S/C32H31BrFN3O4S/c1-23-15-17-27(18-16-23)42(40,41)37(29-14-7-6-13-28(29)34)22-31(38)36(21-25-11-8-12-26(33)19-25)30(32(39)35-2)20-24-9-4-3-5-10-24/h3-19,30H,20-22H2,1-2H3,(H,35,39)/t30-/m0/s1. The molecule has 42 heavy (non-hydrogen) atoms. The SMILES string of the molecule is CNC(=O)[C@H](Cc1ccccc1)N(Cc1cccc(Br)c1)C(=O)CN(c1ccccc1F)S(=O)(=O)c1ccc(C)cc1. The lowest BCUT2D eigenvalue weighted by molar-refractivity contribution is -0.139. The zero-order valence-corrected chi connectivity index (χ0v) is 25.6. The van der Waals surface area contributed by atoms with Gasteiger partial charge in [-0.1, -0.05) is 88.2 Å². The number of amides is 2. The molecular weight excluding hydrogens is 621 g/mol. The molecule has 4 rings (SSSR count). The number of rotatable bonds is 11. The summed E-state index contributed by atoms with van der Waals surface area (Å²) in [5, 5.41) is 2.64. The van der Waals surface area contributed by atoms with Gasteiger partial charge in [-0.25, -0.2) is 12.8 Å². The molecule has 1 N–H and O–H groups in total. The molecule has 0 radical (unpaired) electrons. The second kappa shape index (κ2) is 13.8. The quantitative estimate of drug-likeness (QED) is 0.233. The molecule has 4 aromatic carbocycles. The van der Waals surface area contributed by atoms with Crippen molar-refractivity contribution in [2.24, 2.45) is 0 Å². The number of carbonyl (C=O) groups is 2. The highest BCUT2D eigenvalue weighted by molar-refractivity contribution is 9.10. The van der Waals surface area contributed by atoms with Crippen LogP contribution in [-0.2, 0) is 32.6 Å². The summed E-state index contributed by atoms with van der Waals surface area (Å²) in [6.07, 6.45) is 0.185. The Labute approximate surface area is 254 Å². The molecule has 0 aliphatic rings. The maximum atomic E-state index is 15.1. The second-order valence-electron chi connectivity index (χ2n) is 9.75. The lowest BCUT2D eigenvalue weighted by Gasteiger charge is -2.33. The van der Waals surface area contributed by atoms with Gasteiger partial charge in [0.1, 0.15) is 18.4 Å². The van der Waals surface area contributed by atoms with Crippen LogP contribution in [0.4, 0.5) is 10.1 Å². The second-order valence-corrected chi connectivity index (χ2v) is 12.5. The summed E-state index contributed by atoms with van der Waals surface area (Å²) in [5.41, 5.74) is 2.11. The molecule has 0 fully saturated rings. The predicted octanol–water partition coefficient (Wildman–Crippen LogP) is 5.48. The molecule has 0 saturated carbocycles. The Hall–Kier alpha value is -4.02. The van der Waals surface area contributed by atoms with Crippen molar-refractivity contribution >= 4 is 43.5 Å². The van der Waals surface area contributed by atoms with E-state index >= 15 is 4.39 Å². The molecule has 0 saturated heterocycles. The number of hydrogen-bond acceptors (Lipinski definition) is 4. The number of aryl methyl sites for hydroxylation is 1. The average molecular weight is 653 g/mol. The van der Waals surface area contributed by atoms with Crippen LogP contribution in [0, 0.1) is 12.7 Å². The van der Waals surface area contributed by atoms with E-state index in [0.717, 1.165) is 31.5 Å².